The molecule has 0 aliphatic carbocycles. The summed E-state index contributed by atoms with van der Waals surface area (Å²) in [4.78, 5) is 12.3. The Morgan fingerprint density at radius 2 is 1.31 bits per heavy atom. The zero-order valence-electron chi connectivity index (χ0n) is 20.7. The first-order valence-corrected chi connectivity index (χ1v) is 12.7. The van der Waals surface area contributed by atoms with E-state index in [1.165, 1.54) is 57.4 Å². The zero-order valence-corrected chi connectivity index (χ0v) is 20.7. The number of carbonyl (C=O) groups is 1. The fourth-order valence-corrected chi connectivity index (χ4v) is 3.94. The Morgan fingerprint density at radius 3 is 1.89 bits per heavy atom. The monoisotopic (exact) mass is 494 g/mol. The molecule has 194 valence electrons. The molecule has 0 spiro atoms. The first-order chi connectivity index (χ1) is 16.8. The van der Waals surface area contributed by atoms with E-state index in [4.69, 9.17) is 0 Å². The molecule has 0 unspecified atom stereocenters. The van der Waals surface area contributed by atoms with Crippen molar-refractivity contribution in [2.24, 2.45) is 0 Å². The number of rotatable bonds is 16. The van der Waals surface area contributed by atoms with Gasteiger partial charge in [0.15, 0.2) is 0 Å². The maximum atomic E-state index is 13.7. The van der Waals surface area contributed by atoms with Gasteiger partial charge in [-0.25, -0.2) is 4.39 Å². The molecule has 0 saturated heterocycles. The lowest BCUT2D eigenvalue weighted by molar-refractivity contribution is -0.140. The standard InChI is InChI=1S/C28H38F4N2O/c1-2-3-4-5-6-7-8-9-10-11-18-34-27(35)24-15-12-22(13-16-24)20-33-21-23-14-17-25(26(29)19-23)28(30,31)32/h12-17,19,33H,2-11,18,20-21H2,1H3,(H,34,35). The largest absolute Gasteiger partial charge is 0.419 e. The third kappa shape index (κ3) is 11.2. The second-order valence-electron chi connectivity index (χ2n) is 9.05. The number of nitrogens with one attached hydrogen (secondary N) is 2. The van der Waals surface area contributed by atoms with Crippen LogP contribution in [-0.2, 0) is 19.3 Å². The second-order valence-corrected chi connectivity index (χ2v) is 9.05. The maximum Gasteiger partial charge on any atom is 0.419 e. The van der Waals surface area contributed by atoms with Crippen molar-refractivity contribution in [3.8, 4) is 0 Å². The topological polar surface area (TPSA) is 41.1 Å². The van der Waals surface area contributed by atoms with Crippen LogP contribution in [0.5, 0.6) is 0 Å². The minimum atomic E-state index is -4.70. The van der Waals surface area contributed by atoms with Crippen LogP contribution < -0.4 is 10.6 Å². The number of hydrogen-bond donors (Lipinski definition) is 2. The van der Waals surface area contributed by atoms with Gasteiger partial charge in [-0.1, -0.05) is 82.9 Å². The van der Waals surface area contributed by atoms with Crippen molar-refractivity contribution in [3.63, 3.8) is 0 Å². The van der Waals surface area contributed by atoms with E-state index in [1.807, 2.05) is 12.1 Å². The highest BCUT2D eigenvalue weighted by Crippen LogP contribution is 2.31. The van der Waals surface area contributed by atoms with Gasteiger partial charge in [0.2, 0.25) is 0 Å². The van der Waals surface area contributed by atoms with Gasteiger partial charge in [0.05, 0.1) is 5.56 Å². The third-order valence-electron chi connectivity index (χ3n) is 6.03. The van der Waals surface area contributed by atoms with Gasteiger partial charge in [0.1, 0.15) is 5.82 Å². The summed E-state index contributed by atoms with van der Waals surface area (Å²) in [6.07, 6.45) is 7.84. The number of halogens is 4. The van der Waals surface area contributed by atoms with Crippen molar-refractivity contribution in [1.29, 1.82) is 0 Å². The van der Waals surface area contributed by atoms with Crippen molar-refractivity contribution in [2.75, 3.05) is 6.54 Å². The summed E-state index contributed by atoms with van der Waals surface area (Å²) in [5.41, 5.74) is 0.677. The molecule has 0 bridgehead atoms. The molecule has 2 aromatic carbocycles. The molecule has 3 nitrogen and oxygen atoms in total. The SMILES string of the molecule is CCCCCCCCCCCCNC(=O)c1ccc(CNCc2ccc(C(F)(F)F)c(F)c2)cc1. The van der Waals surface area contributed by atoms with Crippen LogP contribution in [0.15, 0.2) is 42.5 Å². The van der Waals surface area contributed by atoms with Crippen LogP contribution in [-0.4, -0.2) is 12.5 Å². The Hall–Kier alpha value is -2.41. The fraction of sp³-hybridized carbons (Fsp3) is 0.536. The number of amides is 1. The van der Waals surface area contributed by atoms with Gasteiger partial charge in [-0.3, -0.25) is 4.79 Å². The molecule has 0 aliphatic rings. The molecule has 7 heteroatoms. The molecule has 1 amide bonds. The van der Waals surface area contributed by atoms with E-state index in [9.17, 15) is 22.4 Å². The molecule has 0 atom stereocenters. The van der Waals surface area contributed by atoms with Crippen LogP contribution in [0, 0.1) is 5.82 Å². The van der Waals surface area contributed by atoms with Crippen LogP contribution in [0.4, 0.5) is 17.6 Å². The second kappa shape index (κ2) is 15.6. The van der Waals surface area contributed by atoms with Gasteiger partial charge >= 0.3 is 6.18 Å². The molecule has 0 radical (unpaired) electrons. The van der Waals surface area contributed by atoms with Gasteiger partial charge in [-0.2, -0.15) is 13.2 Å². The minimum Gasteiger partial charge on any atom is -0.352 e. The van der Waals surface area contributed by atoms with E-state index in [0.717, 1.165) is 30.5 Å². The van der Waals surface area contributed by atoms with E-state index in [2.05, 4.69) is 17.6 Å². The quantitative estimate of drug-likeness (QED) is 0.185. The summed E-state index contributed by atoms with van der Waals surface area (Å²) in [6, 6.07) is 10.1. The lowest BCUT2D eigenvalue weighted by Gasteiger charge is -2.10. The number of alkyl halides is 3. The summed E-state index contributed by atoms with van der Waals surface area (Å²) >= 11 is 0. The van der Waals surface area contributed by atoms with Crippen LogP contribution in [0.1, 0.15) is 98.2 Å². The van der Waals surface area contributed by atoms with Crippen LogP contribution in [0.2, 0.25) is 0 Å². The first kappa shape index (κ1) is 28.8. The Kier molecular flexibility index (Phi) is 12.8. The number of hydrogen-bond acceptors (Lipinski definition) is 2. The van der Waals surface area contributed by atoms with Gasteiger partial charge in [-0.05, 0) is 41.8 Å². The van der Waals surface area contributed by atoms with Gasteiger partial charge in [-0.15, -0.1) is 0 Å². The highest BCUT2D eigenvalue weighted by atomic mass is 19.4. The minimum absolute atomic E-state index is 0.0966. The Bertz CT molecular complexity index is 882. The molecule has 0 aromatic heterocycles. The van der Waals surface area contributed by atoms with Crippen molar-refractivity contribution >= 4 is 5.91 Å². The highest BCUT2D eigenvalue weighted by Gasteiger charge is 2.33. The smallest absolute Gasteiger partial charge is 0.352 e. The number of benzene rings is 2. The molecule has 2 N–H and O–H groups in total. The predicted molar refractivity (Wildman–Crippen MR) is 133 cm³/mol. The maximum absolute atomic E-state index is 13.7. The number of unbranched alkanes of at least 4 members (excludes halogenated alkanes) is 9. The number of carbonyl (C=O) groups excluding carboxylic acids is 1. The van der Waals surface area contributed by atoms with E-state index in [-0.39, 0.29) is 12.5 Å². The molecule has 0 heterocycles. The molecular weight excluding hydrogens is 456 g/mol. The summed E-state index contributed by atoms with van der Waals surface area (Å²) in [5.74, 6) is -1.37. The first-order valence-electron chi connectivity index (χ1n) is 12.7. The Morgan fingerprint density at radius 1 is 0.771 bits per heavy atom. The zero-order chi connectivity index (χ0) is 25.5. The molecule has 2 aromatic rings. The summed E-state index contributed by atoms with van der Waals surface area (Å²) < 4.78 is 51.6. The van der Waals surface area contributed by atoms with Crippen LogP contribution in [0.3, 0.4) is 0 Å². The molecule has 0 aliphatic heterocycles. The van der Waals surface area contributed by atoms with Gasteiger partial charge in [0.25, 0.3) is 5.91 Å². The summed E-state index contributed by atoms with van der Waals surface area (Å²) in [6.45, 7) is 3.58. The van der Waals surface area contributed by atoms with Gasteiger partial charge in [0, 0.05) is 25.2 Å². The third-order valence-corrected chi connectivity index (χ3v) is 6.03. The molecule has 0 fully saturated rings. The predicted octanol–water partition coefficient (Wildman–Crippen LogP) is 7.79. The van der Waals surface area contributed by atoms with E-state index < -0.39 is 17.6 Å². The Labute approximate surface area is 206 Å². The summed E-state index contributed by atoms with van der Waals surface area (Å²) in [5, 5.41) is 6.04. The molecular formula is C28H38F4N2O. The van der Waals surface area contributed by atoms with E-state index in [1.54, 1.807) is 12.1 Å². The molecule has 35 heavy (non-hydrogen) atoms. The van der Waals surface area contributed by atoms with E-state index in [0.29, 0.717) is 24.2 Å². The average Bonchev–Trinajstić information content (AvgIpc) is 2.82. The van der Waals surface area contributed by atoms with Crippen LogP contribution in [0.25, 0.3) is 0 Å². The lowest BCUT2D eigenvalue weighted by atomic mass is 10.1. The van der Waals surface area contributed by atoms with Gasteiger partial charge < -0.3 is 10.6 Å². The molecule has 0 saturated carbocycles. The molecule has 2 rings (SSSR count). The van der Waals surface area contributed by atoms with E-state index >= 15 is 0 Å². The average molecular weight is 495 g/mol. The van der Waals surface area contributed by atoms with Crippen molar-refractivity contribution < 1.29 is 22.4 Å². The van der Waals surface area contributed by atoms with Crippen molar-refractivity contribution in [1.82, 2.24) is 10.6 Å². The normalized spacial score (nSPS) is 11.6. The lowest BCUT2D eigenvalue weighted by Crippen LogP contribution is -2.24. The van der Waals surface area contributed by atoms with Crippen LogP contribution >= 0.6 is 0 Å². The van der Waals surface area contributed by atoms with Crippen molar-refractivity contribution in [3.05, 3.63) is 70.5 Å². The summed E-state index contributed by atoms with van der Waals surface area (Å²) in [7, 11) is 0. The highest BCUT2D eigenvalue weighted by molar-refractivity contribution is 5.94. The van der Waals surface area contributed by atoms with Crippen molar-refractivity contribution in [2.45, 2.75) is 90.4 Å². The fourth-order valence-electron chi connectivity index (χ4n) is 3.94. The Balaban J connectivity index is 1.60.